The highest BCUT2D eigenvalue weighted by Crippen LogP contribution is 2.18. The molecule has 0 saturated carbocycles. The fourth-order valence-electron chi connectivity index (χ4n) is 9.46. The van der Waals surface area contributed by atoms with Crippen molar-refractivity contribution in [2.75, 3.05) is 13.2 Å². The minimum absolute atomic E-state index is 0.0614. The van der Waals surface area contributed by atoms with E-state index >= 15 is 0 Å². The zero-order chi connectivity index (χ0) is 48.8. The normalized spacial score (nSPS) is 12.0. The Balaban J connectivity index is 4.27. The van der Waals surface area contributed by atoms with Crippen LogP contribution in [0.25, 0.3) is 0 Å². The van der Waals surface area contributed by atoms with Crippen LogP contribution in [-0.4, -0.2) is 37.2 Å². The minimum atomic E-state index is -0.762. The Morgan fingerprint density at radius 3 is 0.731 bits per heavy atom. The molecule has 0 radical (unpaired) electrons. The smallest absolute Gasteiger partial charge is 0.306 e. The number of rotatable bonds is 56. The van der Waals surface area contributed by atoms with Gasteiger partial charge in [0.15, 0.2) is 6.10 Å². The number of unbranched alkanes of at least 4 members (excludes halogenated alkanes) is 43. The van der Waals surface area contributed by atoms with E-state index in [4.69, 9.17) is 14.2 Å². The molecule has 0 rings (SSSR count). The second-order valence-corrected chi connectivity index (χ2v) is 21.5. The predicted octanol–water partition coefficient (Wildman–Crippen LogP) is 20.2. The third kappa shape index (κ3) is 55.2. The van der Waals surface area contributed by atoms with Crippen molar-refractivity contribution in [1.29, 1.82) is 0 Å². The van der Waals surface area contributed by atoms with E-state index in [9.17, 15) is 14.4 Å². The molecule has 0 saturated heterocycles. The molecular formula is C61H118O6. The average molecular weight is 948 g/mol. The summed E-state index contributed by atoms with van der Waals surface area (Å²) in [7, 11) is 0. The summed E-state index contributed by atoms with van der Waals surface area (Å²) in [6.07, 6.45) is 60.9. The zero-order valence-electron chi connectivity index (χ0n) is 45.9. The molecule has 398 valence electrons. The van der Waals surface area contributed by atoms with Gasteiger partial charge in [0.1, 0.15) is 13.2 Å². The molecule has 0 aromatic heterocycles. The van der Waals surface area contributed by atoms with E-state index < -0.39 is 6.10 Å². The van der Waals surface area contributed by atoms with Crippen LogP contribution in [0.5, 0.6) is 0 Å². The van der Waals surface area contributed by atoms with Crippen molar-refractivity contribution in [3.05, 3.63) is 0 Å². The van der Waals surface area contributed by atoms with E-state index in [-0.39, 0.29) is 31.1 Å². The summed E-state index contributed by atoms with van der Waals surface area (Å²) >= 11 is 0. The van der Waals surface area contributed by atoms with E-state index in [2.05, 4.69) is 27.7 Å². The van der Waals surface area contributed by atoms with Crippen LogP contribution in [0.2, 0.25) is 0 Å². The average Bonchev–Trinajstić information content (AvgIpc) is 3.31. The first kappa shape index (κ1) is 65.4. The van der Waals surface area contributed by atoms with Gasteiger partial charge in [0, 0.05) is 19.3 Å². The number of hydrogen-bond acceptors (Lipinski definition) is 6. The molecule has 0 bridgehead atoms. The molecule has 6 heteroatoms. The highest BCUT2D eigenvalue weighted by atomic mass is 16.6. The number of carbonyl (C=O) groups excluding carboxylic acids is 3. The van der Waals surface area contributed by atoms with Gasteiger partial charge in [0.25, 0.3) is 0 Å². The van der Waals surface area contributed by atoms with Gasteiger partial charge in [-0.1, -0.05) is 310 Å². The third-order valence-corrected chi connectivity index (χ3v) is 14.0. The van der Waals surface area contributed by atoms with Crippen LogP contribution < -0.4 is 0 Å². The van der Waals surface area contributed by atoms with Gasteiger partial charge in [-0.25, -0.2) is 0 Å². The van der Waals surface area contributed by atoms with Gasteiger partial charge in [-0.3, -0.25) is 14.4 Å². The van der Waals surface area contributed by atoms with E-state index in [0.717, 1.165) is 63.7 Å². The quantitative estimate of drug-likeness (QED) is 0.0343. The monoisotopic (exact) mass is 947 g/mol. The number of ether oxygens (including phenoxy) is 3. The van der Waals surface area contributed by atoms with E-state index in [1.807, 2.05) is 0 Å². The fraction of sp³-hybridized carbons (Fsp3) is 0.951. The Hall–Kier alpha value is -1.59. The molecule has 0 heterocycles. The molecule has 0 N–H and O–H groups in total. The van der Waals surface area contributed by atoms with Crippen molar-refractivity contribution < 1.29 is 28.6 Å². The second kappa shape index (κ2) is 55.3. The summed E-state index contributed by atoms with van der Waals surface area (Å²) < 4.78 is 16.9. The lowest BCUT2D eigenvalue weighted by atomic mass is 10.0. The molecule has 0 aliphatic rings. The Bertz CT molecular complexity index is 1010. The van der Waals surface area contributed by atoms with Crippen LogP contribution in [0.1, 0.15) is 349 Å². The molecule has 0 aliphatic heterocycles. The Morgan fingerprint density at radius 1 is 0.284 bits per heavy atom. The number of esters is 3. The largest absolute Gasteiger partial charge is 0.462 e. The van der Waals surface area contributed by atoms with Gasteiger partial charge in [0.05, 0.1) is 0 Å². The predicted molar refractivity (Wildman–Crippen MR) is 289 cm³/mol. The maximum absolute atomic E-state index is 12.9. The maximum atomic E-state index is 12.9. The lowest BCUT2D eigenvalue weighted by molar-refractivity contribution is -0.167. The van der Waals surface area contributed by atoms with Gasteiger partial charge >= 0.3 is 17.9 Å². The second-order valence-electron chi connectivity index (χ2n) is 21.5. The fourth-order valence-corrected chi connectivity index (χ4v) is 9.46. The summed E-state index contributed by atoms with van der Waals surface area (Å²) in [6, 6.07) is 0. The Morgan fingerprint density at radius 2 is 0.493 bits per heavy atom. The topological polar surface area (TPSA) is 78.9 Å². The van der Waals surface area contributed by atoms with Gasteiger partial charge in [0.2, 0.25) is 0 Å². The molecule has 6 nitrogen and oxygen atoms in total. The Labute approximate surface area is 418 Å². The summed E-state index contributed by atoms with van der Waals surface area (Å²) in [5.74, 6) is 0.0136. The first-order valence-electron chi connectivity index (χ1n) is 30.4. The molecule has 0 aromatic rings. The molecule has 67 heavy (non-hydrogen) atoms. The first-order valence-corrected chi connectivity index (χ1v) is 30.4. The standard InChI is InChI=1S/C61H118O6/c1-5-7-9-11-13-15-17-19-21-22-23-24-29-32-36-40-44-48-52-59(62)65-55-58(67-61(64)54-50-46-42-38-34-28-20-18-16-14-12-10-8-6-2)56-66-60(63)53-49-45-41-37-33-30-26-25-27-31-35-39-43-47-51-57(3)4/h57-58H,5-56H2,1-4H3/t58-/m1/s1. The van der Waals surface area contributed by atoms with E-state index in [1.54, 1.807) is 0 Å². The molecule has 0 aromatic carbocycles. The molecule has 1 atom stereocenters. The molecule has 0 unspecified atom stereocenters. The lowest BCUT2D eigenvalue weighted by Crippen LogP contribution is -2.30. The molecule has 0 aliphatic carbocycles. The first-order chi connectivity index (χ1) is 32.9. The lowest BCUT2D eigenvalue weighted by Gasteiger charge is -2.18. The van der Waals surface area contributed by atoms with Crippen molar-refractivity contribution in [1.82, 2.24) is 0 Å². The SMILES string of the molecule is CCCCCCCCCCCCCCCCCCCCC(=O)OC[C@H](COC(=O)CCCCCCCCCCCCCCCCC(C)C)OC(=O)CCCCCCCCCCCCCCCC. The third-order valence-electron chi connectivity index (χ3n) is 14.0. The van der Waals surface area contributed by atoms with Gasteiger partial charge in [-0.2, -0.15) is 0 Å². The van der Waals surface area contributed by atoms with Crippen LogP contribution >= 0.6 is 0 Å². The molecule has 0 spiro atoms. The van der Waals surface area contributed by atoms with Gasteiger partial charge < -0.3 is 14.2 Å². The Kier molecular flexibility index (Phi) is 54.0. The highest BCUT2D eigenvalue weighted by Gasteiger charge is 2.19. The molecule has 0 fully saturated rings. The molecular weight excluding hydrogens is 829 g/mol. The summed E-state index contributed by atoms with van der Waals surface area (Å²) in [5, 5.41) is 0. The number of carbonyl (C=O) groups is 3. The minimum Gasteiger partial charge on any atom is -0.462 e. The summed E-state index contributed by atoms with van der Waals surface area (Å²) in [5.41, 5.74) is 0. The molecule has 0 amide bonds. The van der Waals surface area contributed by atoms with Crippen molar-refractivity contribution >= 4 is 17.9 Å². The van der Waals surface area contributed by atoms with Crippen molar-refractivity contribution in [3.63, 3.8) is 0 Å². The summed E-state index contributed by atoms with van der Waals surface area (Å²) in [4.78, 5) is 38.2. The van der Waals surface area contributed by atoms with Crippen LogP contribution in [0, 0.1) is 5.92 Å². The van der Waals surface area contributed by atoms with Crippen molar-refractivity contribution in [2.24, 2.45) is 5.92 Å². The number of hydrogen-bond donors (Lipinski definition) is 0. The van der Waals surface area contributed by atoms with Crippen LogP contribution in [0.3, 0.4) is 0 Å². The van der Waals surface area contributed by atoms with E-state index in [0.29, 0.717) is 19.3 Å². The van der Waals surface area contributed by atoms with Crippen LogP contribution in [-0.2, 0) is 28.6 Å². The van der Waals surface area contributed by atoms with Crippen LogP contribution in [0.15, 0.2) is 0 Å². The van der Waals surface area contributed by atoms with Crippen molar-refractivity contribution in [3.8, 4) is 0 Å². The van der Waals surface area contributed by atoms with E-state index in [1.165, 1.54) is 244 Å². The van der Waals surface area contributed by atoms with Gasteiger partial charge in [-0.15, -0.1) is 0 Å². The maximum Gasteiger partial charge on any atom is 0.306 e. The van der Waals surface area contributed by atoms with Crippen molar-refractivity contribution in [2.45, 2.75) is 355 Å². The zero-order valence-corrected chi connectivity index (χ0v) is 45.9. The van der Waals surface area contributed by atoms with Gasteiger partial charge in [-0.05, 0) is 25.2 Å². The highest BCUT2D eigenvalue weighted by molar-refractivity contribution is 5.71. The van der Waals surface area contributed by atoms with Crippen LogP contribution in [0.4, 0.5) is 0 Å². The summed E-state index contributed by atoms with van der Waals surface area (Å²) in [6.45, 7) is 9.08.